The molecule has 0 spiro atoms. The molecule has 5 heteroatoms. The van der Waals surface area contributed by atoms with Crippen LogP contribution >= 0.6 is 0 Å². The third kappa shape index (κ3) is 3.17. The van der Waals surface area contributed by atoms with Crippen LogP contribution in [-0.2, 0) is 0 Å². The number of piperidine rings is 1. The lowest BCUT2D eigenvalue weighted by Crippen LogP contribution is -2.46. The minimum atomic E-state index is -0.814. The summed E-state index contributed by atoms with van der Waals surface area (Å²) in [6, 6.07) is 4.30. The second-order valence-corrected chi connectivity index (χ2v) is 4.56. The SMILES string of the molecule is OCCNC1CCCN(c2ccc(F)c(F)c2)C1. The van der Waals surface area contributed by atoms with Gasteiger partial charge in [-0.1, -0.05) is 0 Å². The van der Waals surface area contributed by atoms with Gasteiger partial charge in [-0.2, -0.15) is 0 Å². The van der Waals surface area contributed by atoms with Gasteiger partial charge in [0.25, 0.3) is 0 Å². The molecule has 1 heterocycles. The van der Waals surface area contributed by atoms with Crippen LogP contribution in [0.3, 0.4) is 0 Å². The van der Waals surface area contributed by atoms with Gasteiger partial charge in [-0.05, 0) is 25.0 Å². The summed E-state index contributed by atoms with van der Waals surface area (Å²) in [5, 5.41) is 12.0. The van der Waals surface area contributed by atoms with Crippen LogP contribution in [0.1, 0.15) is 12.8 Å². The summed E-state index contributed by atoms with van der Waals surface area (Å²) in [7, 11) is 0. The fourth-order valence-electron chi connectivity index (χ4n) is 2.33. The Morgan fingerprint density at radius 3 is 2.89 bits per heavy atom. The van der Waals surface area contributed by atoms with Gasteiger partial charge in [0.1, 0.15) is 0 Å². The maximum atomic E-state index is 13.2. The molecular weight excluding hydrogens is 238 g/mol. The number of aliphatic hydroxyl groups excluding tert-OH is 1. The topological polar surface area (TPSA) is 35.5 Å². The van der Waals surface area contributed by atoms with E-state index in [0.717, 1.165) is 32.0 Å². The number of aliphatic hydroxyl groups is 1. The molecule has 3 nitrogen and oxygen atoms in total. The number of nitrogens with one attached hydrogen (secondary N) is 1. The fraction of sp³-hybridized carbons (Fsp3) is 0.538. The van der Waals surface area contributed by atoms with Gasteiger partial charge in [0.15, 0.2) is 11.6 Å². The monoisotopic (exact) mass is 256 g/mol. The fourth-order valence-corrected chi connectivity index (χ4v) is 2.33. The van der Waals surface area contributed by atoms with E-state index in [4.69, 9.17) is 5.11 Å². The number of hydrogen-bond donors (Lipinski definition) is 2. The molecule has 1 saturated heterocycles. The van der Waals surface area contributed by atoms with Crippen molar-refractivity contribution in [3.63, 3.8) is 0 Å². The van der Waals surface area contributed by atoms with Crippen LogP contribution in [0.2, 0.25) is 0 Å². The van der Waals surface area contributed by atoms with Crippen molar-refractivity contribution in [2.24, 2.45) is 0 Å². The highest BCUT2D eigenvalue weighted by atomic mass is 19.2. The maximum absolute atomic E-state index is 13.2. The average molecular weight is 256 g/mol. The third-order valence-corrected chi connectivity index (χ3v) is 3.23. The molecule has 1 aromatic carbocycles. The van der Waals surface area contributed by atoms with Crippen LogP contribution in [0.15, 0.2) is 18.2 Å². The Bertz CT molecular complexity index is 401. The Morgan fingerprint density at radius 1 is 1.33 bits per heavy atom. The summed E-state index contributed by atoms with van der Waals surface area (Å²) in [5.41, 5.74) is 0.712. The zero-order valence-corrected chi connectivity index (χ0v) is 10.2. The quantitative estimate of drug-likeness (QED) is 0.857. The van der Waals surface area contributed by atoms with Gasteiger partial charge in [0, 0.05) is 37.4 Å². The second kappa shape index (κ2) is 6.11. The minimum absolute atomic E-state index is 0.113. The van der Waals surface area contributed by atoms with Crippen LogP contribution in [0, 0.1) is 11.6 Å². The highest BCUT2D eigenvalue weighted by Crippen LogP contribution is 2.22. The van der Waals surface area contributed by atoms with Crippen molar-refractivity contribution in [1.82, 2.24) is 5.32 Å². The van der Waals surface area contributed by atoms with Gasteiger partial charge in [-0.25, -0.2) is 8.78 Å². The Kier molecular flexibility index (Phi) is 4.49. The van der Waals surface area contributed by atoms with Crippen molar-refractivity contribution in [2.45, 2.75) is 18.9 Å². The van der Waals surface area contributed by atoms with Gasteiger partial charge in [-0.15, -0.1) is 0 Å². The van der Waals surface area contributed by atoms with Crippen LogP contribution < -0.4 is 10.2 Å². The zero-order chi connectivity index (χ0) is 13.0. The lowest BCUT2D eigenvalue weighted by atomic mass is 10.0. The van der Waals surface area contributed by atoms with E-state index in [1.807, 2.05) is 4.90 Å². The standard InChI is InChI=1S/C13H18F2N2O/c14-12-4-3-11(8-13(12)15)17-6-1-2-10(9-17)16-5-7-18/h3-4,8,10,16,18H,1-2,5-7,9H2. The van der Waals surface area contributed by atoms with E-state index in [0.29, 0.717) is 18.3 Å². The molecule has 1 unspecified atom stereocenters. The molecule has 0 amide bonds. The van der Waals surface area contributed by atoms with Crippen molar-refractivity contribution < 1.29 is 13.9 Å². The number of anilines is 1. The highest BCUT2D eigenvalue weighted by Gasteiger charge is 2.20. The Morgan fingerprint density at radius 2 is 2.17 bits per heavy atom. The van der Waals surface area contributed by atoms with Crippen LogP contribution in [0.4, 0.5) is 14.5 Å². The number of rotatable bonds is 4. The molecule has 1 aliphatic rings. The van der Waals surface area contributed by atoms with E-state index >= 15 is 0 Å². The predicted octanol–water partition coefficient (Wildman–Crippen LogP) is 1.52. The summed E-state index contributed by atoms with van der Waals surface area (Å²) < 4.78 is 26.1. The van der Waals surface area contributed by atoms with Crippen molar-refractivity contribution >= 4 is 5.69 Å². The van der Waals surface area contributed by atoms with E-state index in [1.54, 1.807) is 6.07 Å². The molecule has 0 radical (unpaired) electrons. The largest absolute Gasteiger partial charge is 0.395 e. The zero-order valence-electron chi connectivity index (χ0n) is 10.2. The molecule has 2 N–H and O–H groups in total. The van der Waals surface area contributed by atoms with Gasteiger partial charge in [0.05, 0.1) is 6.61 Å². The van der Waals surface area contributed by atoms with Crippen molar-refractivity contribution in [2.75, 3.05) is 31.1 Å². The van der Waals surface area contributed by atoms with Crippen molar-refractivity contribution in [3.05, 3.63) is 29.8 Å². The number of hydrogen-bond acceptors (Lipinski definition) is 3. The smallest absolute Gasteiger partial charge is 0.160 e. The Labute approximate surface area is 105 Å². The second-order valence-electron chi connectivity index (χ2n) is 4.56. The first-order chi connectivity index (χ1) is 8.70. The molecule has 18 heavy (non-hydrogen) atoms. The lowest BCUT2D eigenvalue weighted by molar-refractivity contribution is 0.278. The van der Waals surface area contributed by atoms with Gasteiger partial charge in [-0.3, -0.25) is 0 Å². The summed E-state index contributed by atoms with van der Waals surface area (Å²) in [6.07, 6.45) is 2.04. The molecule has 0 aliphatic carbocycles. The molecule has 1 fully saturated rings. The molecule has 0 aromatic heterocycles. The van der Waals surface area contributed by atoms with Crippen molar-refractivity contribution in [1.29, 1.82) is 0 Å². The van der Waals surface area contributed by atoms with E-state index < -0.39 is 11.6 Å². The van der Waals surface area contributed by atoms with E-state index in [9.17, 15) is 8.78 Å². The number of benzene rings is 1. The first kappa shape index (κ1) is 13.2. The number of nitrogens with zero attached hydrogens (tertiary/aromatic N) is 1. The van der Waals surface area contributed by atoms with Gasteiger partial charge in [0.2, 0.25) is 0 Å². The summed E-state index contributed by atoms with van der Waals surface area (Å²) in [5.74, 6) is -1.62. The first-order valence-electron chi connectivity index (χ1n) is 6.25. The first-order valence-corrected chi connectivity index (χ1v) is 6.25. The predicted molar refractivity (Wildman–Crippen MR) is 66.7 cm³/mol. The average Bonchev–Trinajstić information content (AvgIpc) is 2.40. The van der Waals surface area contributed by atoms with E-state index in [1.165, 1.54) is 6.07 Å². The highest BCUT2D eigenvalue weighted by molar-refractivity contribution is 5.47. The van der Waals surface area contributed by atoms with Crippen LogP contribution in [0.5, 0.6) is 0 Å². The molecule has 1 atom stereocenters. The maximum Gasteiger partial charge on any atom is 0.160 e. The van der Waals surface area contributed by atoms with Gasteiger partial charge >= 0.3 is 0 Å². The molecule has 2 rings (SSSR count). The summed E-state index contributed by atoms with van der Waals surface area (Å²) >= 11 is 0. The molecule has 1 aliphatic heterocycles. The van der Waals surface area contributed by atoms with E-state index in [-0.39, 0.29) is 6.61 Å². The lowest BCUT2D eigenvalue weighted by Gasteiger charge is -2.34. The molecule has 100 valence electrons. The summed E-state index contributed by atoms with van der Waals surface area (Å²) in [4.78, 5) is 2.04. The van der Waals surface area contributed by atoms with Crippen LogP contribution in [-0.4, -0.2) is 37.4 Å². The normalized spacial score (nSPS) is 20.2. The third-order valence-electron chi connectivity index (χ3n) is 3.23. The minimum Gasteiger partial charge on any atom is -0.395 e. The molecular formula is C13H18F2N2O. The Balaban J connectivity index is 2.01. The molecule has 0 bridgehead atoms. The summed E-state index contributed by atoms with van der Waals surface area (Å²) in [6.45, 7) is 2.28. The van der Waals surface area contributed by atoms with Crippen LogP contribution in [0.25, 0.3) is 0 Å². The van der Waals surface area contributed by atoms with Gasteiger partial charge < -0.3 is 15.3 Å². The molecule has 1 aromatic rings. The number of halogens is 2. The Hall–Kier alpha value is -1.20. The van der Waals surface area contributed by atoms with Crippen molar-refractivity contribution in [3.8, 4) is 0 Å². The van der Waals surface area contributed by atoms with E-state index in [2.05, 4.69) is 5.32 Å². The molecule has 0 saturated carbocycles.